The molecule has 4 aliphatic heterocycles. The summed E-state index contributed by atoms with van der Waals surface area (Å²) in [6, 6.07) is 8.96. The maximum Gasteiger partial charge on any atom is 0.247 e. The third-order valence-corrected chi connectivity index (χ3v) is 12.2. The zero-order valence-corrected chi connectivity index (χ0v) is 27.5. The molecule has 6 atom stereocenters. The van der Waals surface area contributed by atoms with Gasteiger partial charge in [-0.25, -0.2) is 0 Å². The summed E-state index contributed by atoms with van der Waals surface area (Å²) < 4.78 is 4.85. The molecule has 10 heteroatoms. The minimum absolute atomic E-state index is 0.0271. The summed E-state index contributed by atoms with van der Waals surface area (Å²) in [4.78, 5) is 51.7. The lowest BCUT2D eigenvalue weighted by Gasteiger charge is -2.41. The maximum atomic E-state index is 14.8. The van der Waals surface area contributed by atoms with Gasteiger partial charge in [0.2, 0.25) is 17.7 Å². The Morgan fingerprint density at radius 2 is 1.76 bits per heavy atom. The zero-order chi connectivity index (χ0) is 32.0. The second-order valence-electron chi connectivity index (χ2n) is 12.8. The van der Waals surface area contributed by atoms with Gasteiger partial charge in [-0.15, -0.1) is 24.9 Å². The second kappa shape index (κ2) is 15.3. The van der Waals surface area contributed by atoms with E-state index in [-0.39, 0.29) is 35.5 Å². The van der Waals surface area contributed by atoms with E-state index in [2.05, 4.69) is 25.0 Å². The topological polar surface area (TPSA) is 93.6 Å². The molecule has 246 valence electrons. The van der Waals surface area contributed by atoms with Crippen LogP contribution >= 0.6 is 11.8 Å². The molecule has 1 aromatic rings. The number of hydrogen-bond donors (Lipinski definition) is 1. The molecule has 1 N–H and O–H groups in total. The normalized spacial score (nSPS) is 29.1. The third-order valence-electron chi connectivity index (χ3n) is 10.2. The van der Waals surface area contributed by atoms with E-state index in [1.807, 2.05) is 40.1 Å². The van der Waals surface area contributed by atoms with Crippen molar-refractivity contribution >= 4 is 35.2 Å². The van der Waals surface area contributed by atoms with Gasteiger partial charge in [-0.1, -0.05) is 50.1 Å². The number of rotatable bonds is 16. The largest absolute Gasteiger partial charge is 0.396 e. The summed E-state index contributed by atoms with van der Waals surface area (Å²) in [5.41, 5.74) is 0.788. The number of anilines is 1. The molecule has 9 nitrogen and oxygen atoms in total. The number of para-hydroxylation sites is 1. The number of nitrogens with zero attached hydrogens (tertiary/aromatic N) is 4. The Kier molecular flexibility index (Phi) is 11.4. The molecule has 4 aliphatic rings. The summed E-state index contributed by atoms with van der Waals surface area (Å²) in [6.07, 6.45) is 7.51. The third kappa shape index (κ3) is 6.62. The van der Waals surface area contributed by atoms with Gasteiger partial charge >= 0.3 is 0 Å². The fraction of sp³-hybridized carbons (Fsp3) is 0.629. The number of fused-ring (bicyclic) bond motifs is 1. The fourth-order valence-corrected chi connectivity index (χ4v) is 10.4. The second-order valence-corrected chi connectivity index (χ2v) is 14.4. The van der Waals surface area contributed by atoms with Crippen LogP contribution in [0.4, 0.5) is 5.69 Å². The molecule has 2 bridgehead atoms. The van der Waals surface area contributed by atoms with Crippen molar-refractivity contribution in [2.75, 3.05) is 70.5 Å². The molecule has 45 heavy (non-hydrogen) atoms. The highest BCUT2D eigenvalue weighted by Crippen LogP contribution is 2.69. The number of hydrogen-bond acceptors (Lipinski definition) is 7. The van der Waals surface area contributed by atoms with Crippen LogP contribution in [0, 0.1) is 17.8 Å². The Labute approximate surface area is 272 Å². The van der Waals surface area contributed by atoms with Gasteiger partial charge < -0.3 is 24.5 Å². The van der Waals surface area contributed by atoms with Crippen LogP contribution in [0.5, 0.6) is 0 Å². The van der Waals surface area contributed by atoms with Crippen LogP contribution in [0.2, 0.25) is 0 Å². The number of benzene rings is 1. The standard InChI is InChI=1S/C35H50N4O5S/c1-4-15-37(19-18-36-20-23-44-24-21-36)34(43)31-35-26(3)25-28(45-35)29(30(35)33(42)39(31)17-11-6-7-12-22-40)32(41)38(16-5-2)27-13-9-8-10-14-27/h4-5,8-10,13-14,26,28-31,40H,1-2,6-7,11-12,15-25H2,3H3/t26?,28-,29+,30-,31?,35?/m0/s1. The Bertz CT molecular complexity index is 1210. The average molecular weight is 639 g/mol. The van der Waals surface area contributed by atoms with Crippen molar-refractivity contribution < 1.29 is 24.2 Å². The molecule has 0 saturated carbocycles. The van der Waals surface area contributed by atoms with Crippen LogP contribution < -0.4 is 4.90 Å². The van der Waals surface area contributed by atoms with Crippen LogP contribution in [-0.2, 0) is 19.1 Å². The molecule has 1 aromatic carbocycles. The first-order chi connectivity index (χ1) is 21.9. The van der Waals surface area contributed by atoms with Crippen molar-refractivity contribution in [2.45, 2.75) is 55.1 Å². The molecular formula is C35H50N4O5S. The highest BCUT2D eigenvalue weighted by Gasteiger charge is 2.76. The molecule has 0 aromatic heterocycles. The van der Waals surface area contributed by atoms with E-state index in [0.29, 0.717) is 39.4 Å². The lowest BCUT2D eigenvalue weighted by Crippen LogP contribution is -2.58. The number of thioether (sulfide) groups is 1. The Balaban J connectivity index is 1.47. The van der Waals surface area contributed by atoms with Gasteiger partial charge in [-0.05, 0) is 37.3 Å². The van der Waals surface area contributed by atoms with Crippen molar-refractivity contribution in [2.24, 2.45) is 17.8 Å². The van der Waals surface area contributed by atoms with Crippen LogP contribution in [0.1, 0.15) is 39.0 Å². The summed E-state index contributed by atoms with van der Waals surface area (Å²) >= 11 is 1.73. The molecule has 3 unspecified atom stereocenters. The smallest absolute Gasteiger partial charge is 0.247 e. The van der Waals surface area contributed by atoms with Gasteiger partial charge in [-0.2, -0.15) is 0 Å². The number of morpholine rings is 1. The van der Waals surface area contributed by atoms with Gasteiger partial charge in [0.15, 0.2) is 0 Å². The number of carbonyl (C=O) groups is 3. The van der Waals surface area contributed by atoms with Gasteiger partial charge in [0.25, 0.3) is 0 Å². The Hall–Kier alpha value is -2.66. The number of aliphatic hydroxyl groups excluding tert-OH is 1. The number of unbranched alkanes of at least 4 members (excludes halogenated alkanes) is 3. The van der Waals surface area contributed by atoms with Gasteiger partial charge in [0.1, 0.15) is 6.04 Å². The van der Waals surface area contributed by atoms with E-state index in [0.717, 1.165) is 57.4 Å². The van der Waals surface area contributed by atoms with Crippen molar-refractivity contribution in [1.29, 1.82) is 0 Å². The first kappa shape index (κ1) is 33.7. The Morgan fingerprint density at radius 3 is 2.44 bits per heavy atom. The molecule has 5 rings (SSSR count). The summed E-state index contributed by atoms with van der Waals surface area (Å²) in [5, 5.41) is 9.24. The lowest BCUT2D eigenvalue weighted by molar-refractivity contribution is -0.142. The average Bonchev–Trinajstić information content (AvgIpc) is 3.65. The monoisotopic (exact) mass is 638 g/mol. The van der Waals surface area contributed by atoms with Crippen LogP contribution in [0.3, 0.4) is 0 Å². The van der Waals surface area contributed by atoms with Crippen LogP contribution in [0.15, 0.2) is 55.6 Å². The first-order valence-corrected chi connectivity index (χ1v) is 17.5. The predicted octanol–water partition coefficient (Wildman–Crippen LogP) is 3.44. The van der Waals surface area contributed by atoms with E-state index in [4.69, 9.17) is 4.74 Å². The van der Waals surface area contributed by atoms with E-state index in [9.17, 15) is 19.5 Å². The molecule has 3 amide bonds. The first-order valence-electron chi connectivity index (χ1n) is 16.6. The zero-order valence-electron chi connectivity index (χ0n) is 26.7. The summed E-state index contributed by atoms with van der Waals surface area (Å²) in [7, 11) is 0. The van der Waals surface area contributed by atoms with Crippen molar-refractivity contribution in [3.63, 3.8) is 0 Å². The Morgan fingerprint density at radius 1 is 1.04 bits per heavy atom. The van der Waals surface area contributed by atoms with E-state index in [1.165, 1.54) is 0 Å². The molecule has 0 radical (unpaired) electrons. The van der Waals surface area contributed by atoms with Crippen molar-refractivity contribution in [3.05, 3.63) is 55.6 Å². The van der Waals surface area contributed by atoms with Crippen molar-refractivity contribution in [1.82, 2.24) is 14.7 Å². The van der Waals surface area contributed by atoms with Crippen molar-refractivity contribution in [3.8, 4) is 0 Å². The number of ether oxygens (including phenoxy) is 1. The van der Waals surface area contributed by atoms with Crippen LogP contribution in [-0.4, -0.2) is 119 Å². The van der Waals surface area contributed by atoms with E-state index < -0.39 is 22.6 Å². The quantitative estimate of drug-likeness (QED) is 0.219. The molecule has 4 saturated heterocycles. The number of amides is 3. The molecule has 4 heterocycles. The molecule has 4 fully saturated rings. The summed E-state index contributed by atoms with van der Waals surface area (Å²) in [6.45, 7) is 15.8. The number of likely N-dealkylation sites (tertiary alicyclic amines) is 1. The van der Waals surface area contributed by atoms with Crippen LogP contribution in [0.25, 0.3) is 0 Å². The highest BCUT2D eigenvalue weighted by atomic mass is 32.2. The molecular weight excluding hydrogens is 588 g/mol. The number of carbonyl (C=O) groups excluding carboxylic acids is 3. The lowest BCUT2D eigenvalue weighted by atomic mass is 9.65. The van der Waals surface area contributed by atoms with Gasteiger partial charge in [0.05, 0.1) is 29.8 Å². The van der Waals surface area contributed by atoms with Gasteiger partial charge in [0, 0.05) is 63.4 Å². The molecule has 1 spiro atoms. The SMILES string of the molecule is C=CCN(CCN1CCOCC1)C(=O)C1N(CCCCCCO)C(=O)[C@@H]2[C@H](C(=O)N(CC=C)c3ccccc3)[C@@H]3CC(C)C12S3. The van der Waals surface area contributed by atoms with E-state index >= 15 is 0 Å². The minimum Gasteiger partial charge on any atom is -0.396 e. The van der Waals surface area contributed by atoms with E-state index in [1.54, 1.807) is 28.8 Å². The minimum atomic E-state index is -0.667. The predicted molar refractivity (Wildman–Crippen MR) is 179 cm³/mol. The fourth-order valence-electron chi connectivity index (χ4n) is 8.02. The molecule has 0 aliphatic carbocycles. The van der Waals surface area contributed by atoms with Gasteiger partial charge in [-0.3, -0.25) is 19.3 Å². The number of aliphatic hydroxyl groups is 1. The highest BCUT2D eigenvalue weighted by molar-refractivity contribution is 8.02. The maximum absolute atomic E-state index is 14.8. The summed E-state index contributed by atoms with van der Waals surface area (Å²) in [5.74, 6) is -1.11.